The monoisotopic (exact) mass is 285 g/mol. The van der Waals surface area contributed by atoms with Crippen molar-refractivity contribution in [2.75, 3.05) is 0 Å². The van der Waals surface area contributed by atoms with Crippen molar-refractivity contribution in [2.24, 2.45) is 7.05 Å². The number of aromatic amines is 1. The van der Waals surface area contributed by atoms with Gasteiger partial charge in [-0.2, -0.15) is 0 Å². The molecular formula is C10H12ClN5OS. The molecule has 0 amide bonds. The standard InChI is InChI=1S/C10H12ClN5OS/c1-3-4-6-7(11)12-5-13-8(6)18-10-15-14-9(17)16(10)2/h5H,3-4H2,1-2H3,(H,14,17). The molecule has 18 heavy (non-hydrogen) atoms. The maximum absolute atomic E-state index is 11.3. The number of hydrogen-bond donors (Lipinski definition) is 1. The third-order valence-corrected chi connectivity index (χ3v) is 3.80. The molecule has 2 rings (SSSR count). The van der Waals surface area contributed by atoms with Crippen LogP contribution in [-0.2, 0) is 13.5 Å². The van der Waals surface area contributed by atoms with Gasteiger partial charge in [0.15, 0.2) is 5.16 Å². The molecule has 0 aliphatic heterocycles. The normalized spacial score (nSPS) is 10.8. The summed E-state index contributed by atoms with van der Waals surface area (Å²) in [5, 5.41) is 8.05. The van der Waals surface area contributed by atoms with E-state index in [1.54, 1.807) is 7.05 Å². The number of halogens is 1. The predicted molar refractivity (Wildman–Crippen MR) is 69.0 cm³/mol. The SMILES string of the molecule is CCCc1c(Cl)ncnc1Sc1n[nH]c(=O)n1C. The van der Waals surface area contributed by atoms with Crippen LogP contribution >= 0.6 is 23.4 Å². The van der Waals surface area contributed by atoms with Gasteiger partial charge in [-0.05, 0) is 18.2 Å². The summed E-state index contributed by atoms with van der Waals surface area (Å²) in [6.07, 6.45) is 3.15. The fourth-order valence-electron chi connectivity index (χ4n) is 1.43. The van der Waals surface area contributed by atoms with Crippen LogP contribution in [-0.4, -0.2) is 24.7 Å². The highest BCUT2D eigenvalue weighted by Gasteiger charge is 2.14. The van der Waals surface area contributed by atoms with Crippen molar-refractivity contribution in [1.29, 1.82) is 0 Å². The molecule has 0 spiro atoms. The summed E-state index contributed by atoms with van der Waals surface area (Å²) >= 11 is 7.36. The van der Waals surface area contributed by atoms with Crippen LogP contribution in [0.5, 0.6) is 0 Å². The Bertz CT molecular complexity index is 609. The van der Waals surface area contributed by atoms with Crippen molar-refractivity contribution >= 4 is 23.4 Å². The Kier molecular flexibility index (Phi) is 4.03. The molecule has 0 unspecified atom stereocenters. The largest absolute Gasteiger partial charge is 0.343 e. The number of rotatable bonds is 4. The molecule has 2 aromatic heterocycles. The first-order valence-corrected chi connectivity index (χ1v) is 6.61. The summed E-state index contributed by atoms with van der Waals surface area (Å²) in [6, 6.07) is 0. The van der Waals surface area contributed by atoms with Crippen molar-refractivity contribution in [3.63, 3.8) is 0 Å². The highest BCUT2D eigenvalue weighted by Crippen LogP contribution is 2.29. The van der Waals surface area contributed by atoms with E-state index in [1.807, 2.05) is 0 Å². The topological polar surface area (TPSA) is 76.5 Å². The van der Waals surface area contributed by atoms with Crippen LogP contribution in [0.3, 0.4) is 0 Å². The number of nitrogens with one attached hydrogen (secondary N) is 1. The lowest BCUT2D eigenvalue weighted by atomic mass is 10.2. The van der Waals surface area contributed by atoms with Crippen molar-refractivity contribution < 1.29 is 0 Å². The molecule has 96 valence electrons. The molecule has 0 aliphatic rings. The highest BCUT2D eigenvalue weighted by molar-refractivity contribution is 7.99. The van der Waals surface area contributed by atoms with Gasteiger partial charge in [-0.25, -0.2) is 19.9 Å². The molecule has 0 atom stereocenters. The van der Waals surface area contributed by atoms with E-state index < -0.39 is 0 Å². The van der Waals surface area contributed by atoms with Gasteiger partial charge in [0.05, 0.1) is 0 Å². The van der Waals surface area contributed by atoms with Gasteiger partial charge < -0.3 is 0 Å². The summed E-state index contributed by atoms with van der Waals surface area (Å²) in [4.78, 5) is 19.5. The summed E-state index contributed by atoms with van der Waals surface area (Å²) < 4.78 is 1.43. The van der Waals surface area contributed by atoms with E-state index >= 15 is 0 Å². The minimum absolute atomic E-state index is 0.255. The van der Waals surface area contributed by atoms with E-state index in [2.05, 4.69) is 27.1 Å². The van der Waals surface area contributed by atoms with Gasteiger partial charge in [-0.3, -0.25) is 4.57 Å². The molecule has 2 heterocycles. The quantitative estimate of drug-likeness (QED) is 0.865. The first-order chi connectivity index (χ1) is 8.63. The molecule has 1 N–H and O–H groups in total. The maximum atomic E-state index is 11.3. The van der Waals surface area contributed by atoms with Crippen LogP contribution in [0.15, 0.2) is 21.3 Å². The number of nitrogens with zero attached hydrogens (tertiary/aromatic N) is 4. The lowest BCUT2D eigenvalue weighted by molar-refractivity contribution is 0.762. The zero-order chi connectivity index (χ0) is 13.1. The third-order valence-electron chi connectivity index (χ3n) is 2.38. The Morgan fingerprint density at radius 3 is 2.89 bits per heavy atom. The Hall–Kier alpha value is -1.34. The zero-order valence-electron chi connectivity index (χ0n) is 9.97. The Balaban J connectivity index is 2.37. The maximum Gasteiger partial charge on any atom is 0.343 e. The van der Waals surface area contributed by atoms with Gasteiger partial charge in [0.25, 0.3) is 0 Å². The van der Waals surface area contributed by atoms with Crippen LogP contribution in [0, 0.1) is 0 Å². The molecule has 0 saturated carbocycles. The van der Waals surface area contributed by atoms with E-state index in [1.165, 1.54) is 22.7 Å². The lowest BCUT2D eigenvalue weighted by Crippen LogP contribution is -2.13. The summed E-state index contributed by atoms with van der Waals surface area (Å²) in [6.45, 7) is 2.06. The van der Waals surface area contributed by atoms with E-state index in [0.717, 1.165) is 23.4 Å². The van der Waals surface area contributed by atoms with Gasteiger partial charge >= 0.3 is 5.69 Å². The Morgan fingerprint density at radius 1 is 1.50 bits per heavy atom. The summed E-state index contributed by atoms with van der Waals surface area (Å²) in [5.74, 6) is 0. The third kappa shape index (κ3) is 2.56. The van der Waals surface area contributed by atoms with Crippen molar-refractivity contribution in [2.45, 2.75) is 29.9 Å². The first-order valence-electron chi connectivity index (χ1n) is 5.42. The van der Waals surface area contributed by atoms with Crippen LogP contribution in [0.4, 0.5) is 0 Å². The number of hydrogen-bond acceptors (Lipinski definition) is 5. The van der Waals surface area contributed by atoms with Gasteiger partial charge in [0.2, 0.25) is 0 Å². The van der Waals surface area contributed by atoms with Crippen LogP contribution < -0.4 is 5.69 Å². The second kappa shape index (κ2) is 5.53. The van der Waals surface area contributed by atoms with E-state index in [0.29, 0.717) is 10.3 Å². The molecular weight excluding hydrogens is 274 g/mol. The van der Waals surface area contributed by atoms with Crippen LogP contribution in [0.1, 0.15) is 18.9 Å². The number of H-pyrrole nitrogens is 1. The second-order valence-corrected chi connectivity index (χ2v) is 4.98. The molecule has 0 aliphatic carbocycles. The van der Waals surface area contributed by atoms with Crippen LogP contribution in [0.25, 0.3) is 0 Å². The smallest absolute Gasteiger partial charge is 0.273 e. The fourth-order valence-corrected chi connectivity index (χ4v) is 2.62. The molecule has 0 aromatic carbocycles. The molecule has 0 radical (unpaired) electrons. The van der Waals surface area contributed by atoms with E-state index in [-0.39, 0.29) is 5.69 Å². The van der Waals surface area contributed by atoms with E-state index in [9.17, 15) is 4.79 Å². The molecule has 2 aromatic rings. The van der Waals surface area contributed by atoms with Crippen molar-refractivity contribution in [1.82, 2.24) is 24.7 Å². The van der Waals surface area contributed by atoms with Crippen LogP contribution in [0.2, 0.25) is 5.15 Å². The van der Waals surface area contributed by atoms with Crippen molar-refractivity contribution in [3.05, 3.63) is 27.5 Å². The molecule has 8 heteroatoms. The Labute approximate surface area is 113 Å². The molecule has 0 fully saturated rings. The molecule has 0 bridgehead atoms. The van der Waals surface area contributed by atoms with Gasteiger partial charge in [0, 0.05) is 12.6 Å². The average molecular weight is 286 g/mol. The van der Waals surface area contributed by atoms with Gasteiger partial charge in [-0.1, -0.05) is 24.9 Å². The van der Waals surface area contributed by atoms with E-state index in [4.69, 9.17) is 11.6 Å². The minimum atomic E-state index is -0.255. The van der Waals surface area contributed by atoms with Gasteiger partial charge in [-0.15, -0.1) is 5.10 Å². The second-order valence-electron chi connectivity index (χ2n) is 3.67. The predicted octanol–water partition coefficient (Wildman–Crippen LogP) is 1.66. The zero-order valence-corrected chi connectivity index (χ0v) is 11.5. The highest BCUT2D eigenvalue weighted by atomic mass is 35.5. The molecule has 6 nitrogen and oxygen atoms in total. The average Bonchev–Trinajstić information content (AvgIpc) is 2.66. The molecule has 0 saturated heterocycles. The summed E-state index contributed by atoms with van der Waals surface area (Å²) in [7, 11) is 1.65. The Morgan fingerprint density at radius 2 is 2.28 bits per heavy atom. The van der Waals surface area contributed by atoms with Gasteiger partial charge in [0.1, 0.15) is 16.5 Å². The lowest BCUT2D eigenvalue weighted by Gasteiger charge is -2.07. The minimum Gasteiger partial charge on any atom is -0.273 e. The van der Waals surface area contributed by atoms with Crippen molar-refractivity contribution in [3.8, 4) is 0 Å². The first kappa shape index (κ1) is 13.1. The summed E-state index contributed by atoms with van der Waals surface area (Å²) in [5.41, 5.74) is 0.636. The fraction of sp³-hybridized carbons (Fsp3) is 0.400. The number of aromatic nitrogens is 5.